The van der Waals surface area contributed by atoms with Gasteiger partial charge in [0.25, 0.3) is 0 Å². The zero-order valence-corrected chi connectivity index (χ0v) is 13.3. The van der Waals surface area contributed by atoms with Gasteiger partial charge in [-0.05, 0) is 60.3 Å². The molecule has 1 aromatic rings. The molecule has 0 bridgehead atoms. The molecular weight excluding hydrogens is 326 g/mol. The lowest BCUT2D eigenvalue weighted by Gasteiger charge is -2.35. The van der Waals surface area contributed by atoms with Crippen LogP contribution in [0.1, 0.15) is 38.2 Å². The average Bonchev–Trinajstić information content (AvgIpc) is 2.45. The highest BCUT2D eigenvalue weighted by molar-refractivity contribution is 9.10. The van der Waals surface area contributed by atoms with Crippen molar-refractivity contribution in [2.45, 2.75) is 51.2 Å². The molecular formula is C15H21BrF2N2. The number of benzene rings is 1. The summed E-state index contributed by atoms with van der Waals surface area (Å²) in [5.74, 6) is -0.965. The van der Waals surface area contributed by atoms with E-state index in [1.807, 2.05) is 6.92 Å². The molecule has 1 aliphatic carbocycles. The van der Waals surface area contributed by atoms with Gasteiger partial charge in [-0.15, -0.1) is 0 Å². The molecule has 1 fully saturated rings. The van der Waals surface area contributed by atoms with Gasteiger partial charge in [-0.3, -0.25) is 4.90 Å². The van der Waals surface area contributed by atoms with Gasteiger partial charge in [0.1, 0.15) is 11.6 Å². The Bertz CT molecular complexity index is 459. The Morgan fingerprint density at radius 2 is 1.90 bits per heavy atom. The maximum atomic E-state index is 14.1. The van der Waals surface area contributed by atoms with Gasteiger partial charge in [-0.2, -0.15) is 0 Å². The molecule has 20 heavy (non-hydrogen) atoms. The van der Waals surface area contributed by atoms with Gasteiger partial charge in [-0.25, -0.2) is 8.78 Å². The molecule has 2 N–H and O–H groups in total. The third-order valence-electron chi connectivity index (χ3n) is 4.16. The van der Waals surface area contributed by atoms with Crippen molar-refractivity contribution in [2.75, 3.05) is 6.54 Å². The van der Waals surface area contributed by atoms with Gasteiger partial charge in [0.05, 0.1) is 4.47 Å². The van der Waals surface area contributed by atoms with Crippen LogP contribution >= 0.6 is 15.9 Å². The minimum Gasteiger partial charge on any atom is -0.328 e. The van der Waals surface area contributed by atoms with E-state index in [1.54, 1.807) is 0 Å². The largest absolute Gasteiger partial charge is 0.328 e. The quantitative estimate of drug-likeness (QED) is 0.839. The summed E-state index contributed by atoms with van der Waals surface area (Å²) in [6.07, 6.45) is 3.99. The van der Waals surface area contributed by atoms with E-state index in [4.69, 9.17) is 5.73 Å². The Kier molecular flexibility index (Phi) is 5.52. The van der Waals surface area contributed by atoms with Crippen molar-refractivity contribution in [1.82, 2.24) is 4.90 Å². The maximum absolute atomic E-state index is 14.1. The Morgan fingerprint density at radius 1 is 1.25 bits per heavy atom. The summed E-state index contributed by atoms with van der Waals surface area (Å²) >= 11 is 3.12. The van der Waals surface area contributed by atoms with Crippen molar-refractivity contribution in [1.29, 1.82) is 0 Å². The molecule has 2 nitrogen and oxygen atoms in total. The molecule has 0 atom stereocenters. The number of hydrogen-bond acceptors (Lipinski definition) is 2. The van der Waals surface area contributed by atoms with Crippen molar-refractivity contribution in [2.24, 2.45) is 5.73 Å². The van der Waals surface area contributed by atoms with Crippen molar-refractivity contribution in [3.8, 4) is 0 Å². The molecule has 1 aromatic carbocycles. The first-order valence-corrected chi connectivity index (χ1v) is 7.94. The molecule has 1 aliphatic rings. The number of nitrogens with two attached hydrogens (primary N) is 1. The second-order valence-corrected chi connectivity index (χ2v) is 6.31. The highest BCUT2D eigenvalue weighted by atomic mass is 79.9. The monoisotopic (exact) mass is 346 g/mol. The van der Waals surface area contributed by atoms with E-state index in [1.165, 1.54) is 12.1 Å². The second-order valence-electron chi connectivity index (χ2n) is 5.45. The fraction of sp³-hybridized carbons (Fsp3) is 0.600. The number of hydrogen-bond donors (Lipinski definition) is 1. The van der Waals surface area contributed by atoms with Crippen molar-refractivity contribution < 1.29 is 8.78 Å². The van der Waals surface area contributed by atoms with Gasteiger partial charge in [-0.1, -0.05) is 6.92 Å². The van der Waals surface area contributed by atoms with Crippen LogP contribution in [-0.4, -0.2) is 23.5 Å². The van der Waals surface area contributed by atoms with Crippen LogP contribution in [0, 0.1) is 11.6 Å². The standard InChI is InChI=1S/C15H21BrF2N2/c1-2-20(11-5-3-10(19)4-6-11)9-12-14(17)8-7-13(16)15(12)18/h7-8,10-11H,2-6,9,19H2,1H3. The molecule has 2 rings (SSSR count). The van der Waals surface area contributed by atoms with Crippen LogP contribution in [-0.2, 0) is 6.54 Å². The molecule has 0 aromatic heterocycles. The van der Waals surface area contributed by atoms with Crippen molar-refractivity contribution in [3.05, 3.63) is 33.8 Å². The molecule has 0 heterocycles. The van der Waals surface area contributed by atoms with E-state index in [0.29, 0.717) is 17.1 Å². The summed E-state index contributed by atoms with van der Waals surface area (Å²) in [7, 11) is 0. The van der Waals surface area contributed by atoms with Gasteiger partial charge < -0.3 is 5.73 Å². The molecule has 0 saturated heterocycles. The number of rotatable bonds is 4. The topological polar surface area (TPSA) is 29.3 Å². The van der Waals surface area contributed by atoms with E-state index in [9.17, 15) is 8.78 Å². The Hall–Kier alpha value is -0.520. The lowest BCUT2D eigenvalue weighted by atomic mass is 9.90. The van der Waals surface area contributed by atoms with E-state index in [0.717, 1.165) is 32.2 Å². The third kappa shape index (κ3) is 3.57. The predicted octanol–water partition coefficient (Wildman–Crippen LogP) is 3.82. The van der Waals surface area contributed by atoms with E-state index in [-0.39, 0.29) is 11.6 Å². The summed E-state index contributed by atoms with van der Waals surface area (Å²) in [4.78, 5) is 2.15. The minimum absolute atomic E-state index is 0.149. The van der Waals surface area contributed by atoms with Crippen LogP contribution in [0.3, 0.4) is 0 Å². The fourth-order valence-electron chi connectivity index (χ4n) is 2.88. The lowest BCUT2D eigenvalue weighted by molar-refractivity contribution is 0.146. The van der Waals surface area contributed by atoms with Crippen molar-refractivity contribution in [3.63, 3.8) is 0 Å². The smallest absolute Gasteiger partial charge is 0.144 e. The highest BCUT2D eigenvalue weighted by Crippen LogP contribution is 2.27. The van der Waals surface area contributed by atoms with Crippen LogP contribution < -0.4 is 5.73 Å². The van der Waals surface area contributed by atoms with E-state index in [2.05, 4.69) is 20.8 Å². The van der Waals surface area contributed by atoms with Gasteiger partial charge in [0.2, 0.25) is 0 Å². The number of halogens is 3. The van der Waals surface area contributed by atoms with E-state index >= 15 is 0 Å². The molecule has 0 spiro atoms. The first-order chi connectivity index (χ1) is 9.52. The van der Waals surface area contributed by atoms with Crippen LogP contribution in [0.15, 0.2) is 16.6 Å². The Labute approximate surface area is 127 Å². The average molecular weight is 347 g/mol. The Morgan fingerprint density at radius 3 is 2.50 bits per heavy atom. The molecule has 0 radical (unpaired) electrons. The normalized spacial score (nSPS) is 23.3. The summed E-state index contributed by atoms with van der Waals surface area (Å²) < 4.78 is 28.2. The number of nitrogens with zero attached hydrogens (tertiary/aromatic N) is 1. The fourth-order valence-corrected chi connectivity index (χ4v) is 3.25. The lowest BCUT2D eigenvalue weighted by Crippen LogP contribution is -2.40. The molecule has 5 heteroatoms. The predicted molar refractivity (Wildman–Crippen MR) is 80.4 cm³/mol. The first-order valence-electron chi connectivity index (χ1n) is 7.15. The summed E-state index contributed by atoms with van der Waals surface area (Å²) in [6, 6.07) is 3.37. The van der Waals surface area contributed by atoms with Crippen LogP contribution in [0.5, 0.6) is 0 Å². The maximum Gasteiger partial charge on any atom is 0.144 e. The molecule has 112 valence electrons. The van der Waals surface area contributed by atoms with Gasteiger partial charge >= 0.3 is 0 Å². The van der Waals surface area contributed by atoms with Gasteiger partial charge in [0.15, 0.2) is 0 Å². The molecule has 0 aliphatic heterocycles. The second kappa shape index (κ2) is 6.96. The van der Waals surface area contributed by atoms with E-state index < -0.39 is 11.6 Å². The zero-order chi connectivity index (χ0) is 14.7. The van der Waals surface area contributed by atoms with Gasteiger partial charge in [0, 0.05) is 24.2 Å². The van der Waals surface area contributed by atoms with Crippen LogP contribution in [0.25, 0.3) is 0 Å². The highest BCUT2D eigenvalue weighted by Gasteiger charge is 2.25. The summed E-state index contributed by atoms with van der Waals surface area (Å²) in [6.45, 7) is 3.13. The Balaban J connectivity index is 2.12. The van der Waals surface area contributed by atoms with Crippen LogP contribution in [0.4, 0.5) is 8.78 Å². The molecule has 0 amide bonds. The molecule has 1 saturated carbocycles. The minimum atomic E-state index is -0.490. The third-order valence-corrected chi connectivity index (χ3v) is 4.78. The van der Waals surface area contributed by atoms with Crippen molar-refractivity contribution >= 4 is 15.9 Å². The van der Waals surface area contributed by atoms with Crippen LogP contribution in [0.2, 0.25) is 0 Å². The SMILES string of the molecule is CCN(Cc1c(F)ccc(Br)c1F)C1CCC(N)CC1. The first kappa shape index (κ1) is 15.9. The summed E-state index contributed by atoms with van der Waals surface area (Å²) in [5.41, 5.74) is 6.06. The molecule has 0 unspecified atom stereocenters. The summed E-state index contributed by atoms with van der Waals surface area (Å²) in [5, 5.41) is 0. The zero-order valence-electron chi connectivity index (χ0n) is 11.7.